The van der Waals surface area contributed by atoms with Crippen LogP contribution in [0, 0.1) is 6.92 Å². The van der Waals surface area contributed by atoms with Crippen molar-refractivity contribution in [1.82, 2.24) is 29.0 Å². The lowest BCUT2D eigenvalue weighted by Crippen LogP contribution is -2.42. The molecule has 0 radical (unpaired) electrons. The van der Waals surface area contributed by atoms with E-state index in [1.54, 1.807) is 11.6 Å². The Balaban J connectivity index is 1.52. The van der Waals surface area contributed by atoms with Crippen LogP contribution in [0.1, 0.15) is 17.5 Å². The molecule has 11 heteroatoms. The molecule has 0 spiro atoms. The van der Waals surface area contributed by atoms with Crippen molar-refractivity contribution in [3.63, 3.8) is 0 Å². The lowest BCUT2D eigenvalue weighted by Gasteiger charge is -2.31. The minimum Gasteiger partial charge on any atom is -0.369 e. The molecule has 0 aromatic carbocycles. The molecule has 1 aliphatic rings. The molecule has 4 rings (SSSR count). The summed E-state index contributed by atoms with van der Waals surface area (Å²) in [5, 5.41) is 10.1. The highest BCUT2D eigenvalue weighted by molar-refractivity contribution is 7.89. The van der Waals surface area contributed by atoms with Gasteiger partial charge in [-0.2, -0.15) is 9.40 Å². The summed E-state index contributed by atoms with van der Waals surface area (Å²) in [7, 11) is -1.94. The van der Waals surface area contributed by atoms with Crippen LogP contribution in [-0.2, 0) is 21.8 Å². The van der Waals surface area contributed by atoms with Gasteiger partial charge in [0, 0.05) is 38.1 Å². The van der Waals surface area contributed by atoms with Crippen LogP contribution in [0.15, 0.2) is 41.8 Å². The number of aromatic nitrogens is 5. The van der Waals surface area contributed by atoms with Gasteiger partial charge in [-0.25, -0.2) is 18.4 Å². The molecule has 4 heterocycles. The highest BCUT2D eigenvalue weighted by Crippen LogP contribution is 2.26. The van der Waals surface area contributed by atoms with Crippen molar-refractivity contribution in [2.45, 2.75) is 18.1 Å². The third-order valence-electron chi connectivity index (χ3n) is 4.38. The lowest BCUT2D eigenvalue weighted by atomic mass is 10.2. The predicted octanol–water partition coefficient (Wildman–Crippen LogP) is 1.35. The van der Waals surface area contributed by atoms with Gasteiger partial charge in [0.1, 0.15) is 11.9 Å². The second-order valence-electron chi connectivity index (χ2n) is 6.61. The Morgan fingerprint density at radius 1 is 1.32 bits per heavy atom. The minimum absolute atomic E-state index is 0.0351. The lowest BCUT2D eigenvalue weighted by molar-refractivity contribution is -0.00492. The Morgan fingerprint density at radius 3 is 2.89 bits per heavy atom. The van der Waals surface area contributed by atoms with Gasteiger partial charge >= 0.3 is 0 Å². The van der Waals surface area contributed by atoms with E-state index in [-0.39, 0.29) is 24.7 Å². The highest BCUT2D eigenvalue weighted by Gasteiger charge is 2.33. The average Bonchev–Trinajstić information content (AvgIpc) is 3.31. The second kappa shape index (κ2) is 7.34. The zero-order chi connectivity index (χ0) is 19.7. The standard InChI is InChI=1S/C17H21N7O3S/c1-12-8-16(22-21-12)20-15-5-3-4-13(19-15)14-9-24(6-7-27-14)28(25,26)17-10-23(2)11-18-17/h3-5,8,10-11,14H,6-7,9H2,1-2H3,(H2,19,20,21,22). The zero-order valence-corrected chi connectivity index (χ0v) is 16.3. The van der Waals surface area contributed by atoms with Gasteiger partial charge in [-0.1, -0.05) is 6.07 Å². The van der Waals surface area contributed by atoms with Crippen molar-refractivity contribution in [3.8, 4) is 0 Å². The van der Waals surface area contributed by atoms with Gasteiger partial charge in [0.2, 0.25) is 0 Å². The summed E-state index contributed by atoms with van der Waals surface area (Å²) >= 11 is 0. The summed E-state index contributed by atoms with van der Waals surface area (Å²) < 4.78 is 34.5. The van der Waals surface area contributed by atoms with E-state index in [1.165, 1.54) is 16.8 Å². The van der Waals surface area contributed by atoms with E-state index in [2.05, 4.69) is 25.5 Å². The van der Waals surface area contributed by atoms with E-state index < -0.39 is 16.1 Å². The number of rotatable bonds is 5. The van der Waals surface area contributed by atoms with Gasteiger partial charge in [-0.15, -0.1) is 0 Å². The third-order valence-corrected chi connectivity index (χ3v) is 6.13. The first kappa shape index (κ1) is 18.6. The molecule has 3 aromatic heterocycles. The summed E-state index contributed by atoms with van der Waals surface area (Å²) in [6.07, 6.45) is 2.50. The Kier molecular flexibility index (Phi) is 4.87. The number of sulfonamides is 1. The highest BCUT2D eigenvalue weighted by atomic mass is 32.2. The molecule has 28 heavy (non-hydrogen) atoms. The number of pyridine rings is 1. The van der Waals surface area contributed by atoms with Crippen LogP contribution in [0.2, 0.25) is 0 Å². The number of imidazole rings is 1. The summed E-state index contributed by atoms with van der Waals surface area (Å²) in [5.41, 5.74) is 1.59. The molecule has 0 amide bonds. The number of morpholine rings is 1. The van der Waals surface area contributed by atoms with Gasteiger partial charge < -0.3 is 14.6 Å². The van der Waals surface area contributed by atoms with Crippen molar-refractivity contribution >= 4 is 21.7 Å². The normalized spacial score (nSPS) is 18.3. The number of ether oxygens (including phenoxy) is 1. The van der Waals surface area contributed by atoms with Crippen LogP contribution in [0.5, 0.6) is 0 Å². The minimum atomic E-state index is -3.67. The van der Waals surface area contributed by atoms with Crippen LogP contribution >= 0.6 is 0 Å². The SMILES string of the molecule is Cc1cc(Nc2cccc(C3CN(S(=O)(=O)c4cn(C)cn4)CCO3)n2)n[nH]1. The molecule has 3 aromatic rings. The number of anilines is 2. The molecule has 1 atom stereocenters. The zero-order valence-electron chi connectivity index (χ0n) is 15.5. The van der Waals surface area contributed by atoms with Crippen LogP contribution in [0.3, 0.4) is 0 Å². The van der Waals surface area contributed by atoms with Crippen molar-refractivity contribution < 1.29 is 13.2 Å². The molecule has 0 aliphatic carbocycles. The number of hydrogen-bond donors (Lipinski definition) is 2. The summed E-state index contributed by atoms with van der Waals surface area (Å²) in [6, 6.07) is 7.35. The summed E-state index contributed by atoms with van der Waals surface area (Å²) in [4.78, 5) is 8.54. The fourth-order valence-electron chi connectivity index (χ4n) is 2.99. The fraction of sp³-hybridized carbons (Fsp3) is 0.353. The number of hydrogen-bond acceptors (Lipinski definition) is 7. The maximum atomic E-state index is 12.8. The van der Waals surface area contributed by atoms with Crippen molar-refractivity contribution in [2.24, 2.45) is 7.05 Å². The molecule has 0 bridgehead atoms. The quantitative estimate of drug-likeness (QED) is 0.660. The number of nitrogens with zero attached hydrogens (tertiary/aromatic N) is 5. The Hall–Kier alpha value is -2.76. The number of nitrogens with one attached hydrogen (secondary N) is 2. The predicted molar refractivity (Wildman–Crippen MR) is 102 cm³/mol. The number of H-pyrrole nitrogens is 1. The maximum Gasteiger partial charge on any atom is 0.262 e. The van der Waals surface area contributed by atoms with Crippen LogP contribution < -0.4 is 5.32 Å². The van der Waals surface area contributed by atoms with Gasteiger partial charge in [0.15, 0.2) is 10.8 Å². The van der Waals surface area contributed by atoms with Crippen molar-refractivity contribution in [1.29, 1.82) is 0 Å². The van der Waals surface area contributed by atoms with E-state index >= 15 is 0 Å². The molecule has 148 valence electrons. The summed E-state index contributed by atoms with van der Waals surface area (Å²) in [5.74, 6) is 1.27. The topological polar surface area (TPSA) is 118 Å². The first-order valence-corrected chi connectivity index (χ1v) is 10.2. The Labute approximate surface area is 162 Å². The van der Waals surface area contributed by atoms with Gasteiger partial charge in [0.25, 0.3) is 10.0 Å². The van der Waals surface area contributed by atoms with E-state index in [0.717, 1.165) is 5.69 Å². The average molecular weight is 403 g/mol. The van der Waals surface area contributed by atoms with E-state index in [1.807, 2.05) is 31.2 Å². The molecule has 0 saturated carbocycles. The van der Waals surface area contributed by atoms with Gasteiger partial charge in [-0.3, -0.25) is 5.10 Å². The maximum absolute atomic E-state index is 12.8. The third kappa shape index (κ3) is 3.77. The molecule has 1 fully saturated rings. The molecular formula is C17H21N7O3S. The van der Waals surface area contributed by atoms with E-state index in [4.69, 9.17) is 4.74 Å². The summed E-state index contributed by atoms with van der Waals surface area (Å²) in [6.45, 7) is 2.65. The number of aromatic amines is 1. The molecule has 1 aliphatic heterocycles. The Morgan fingerprint density at radius 2 is 2.18 bits per heavy atom. The monoisotopic (exact) mass is 403 g/mol. The van der Waals surface area contributed by atoms with Crippen molar-refractivity contribution in [3.05, 3.63) is 48.2 Å². The number of aryl methyl sites for hydroxylation is 2. The van der Waals surface area contributed by atoms with Crippen molar-refractivity contribution in [2.75, 3.05) is 25.0 Å². The van der Waals surface area contributed by atoms with Crippen LogP contribution in [-0.4, -0.2) is 57.2 Å². The molecule has 10 nitrogen and oxygen atoms in total. The first-order chi connectivity index (χ1) is 13.4. The Bertz CT molecular complexity index is 1080. The van der Waals surface area contributed by atoms with Crippen LogP contribution in [0.25, 0.3) is 0 Å². The molecule has 2 N–H and O–H groups in total. The van der Waals surface area contributed by atoms with Crippen LogP contribution in [0.4, 0.5) is 11.6 Å². The van der Waals surface area contributed by atoms with E-state index in [0.29, 0.717) is 17.3 Å². The van der Waals surface area contributed by atoms with Gasteiger partial charge in [0.05, 0.1) is 18.6 Å². The second-order valence-corrected chi connectivity index (χ2v) is 8.49. The fourth-order valence-corrected chi connectivity index (χ4v) is 4.38. The van der Waals surface area contributed by atoms with E-state index in [9.17, 15) is 8.42 Å². The molecule has 1 saturated heterocycles. The largest absolute Gasteiger partial charge is 0.369 e. The molecule has 1 unspecified atom stereocenters. The van der Waals surface area contributed by atoms with Gasteiger partial charge in [-0.05, 0) is 19.1 Å². The first-order valence-electron chi connectivity index (χ1n) is 8.77. The smallest absolute Gasteiger partial charge is 0.262 e. The molecular weight excluding hydrogens is 382 g/mol.